The van der Waals surface area contributed by atoms with Gasteiger partial charge in [0.25, 0.3) is 0 Å². The highest BCUT2D eigenvalue weighted by Gasteiger charge is 2.28. The summed E-state index contributed by atoms with van der Waals surface area (Å²) < 4.78 is 9.99. The van der Waals surface area contributed by atoms with Crippen molar-refractivity contribution in [3.8, 4) is 0 Å². The summed E-state index contributed by atoms with van der Waals surface area (Å²) in [5.74, 6) is 0.725. The van der Waals surface area contributed by atoms with E-state index in [0.717, 1.165) is 38.2 Å². The van der Waals surface area contributed by atoms with E-state index in [1.54, 1.807) is 6.92 Å². The maximum Gasteiger partial charge on any atom is 0.325 e. The van der Waals surface area contributed by atoms with Gasteiger partial charge in [-0.3, -0.25) is 4.79 Å². The lowest BCUT2D eigenvalue weighted by Crippen LogP contribution is -2.45. The molecule has 0 saturated carbocycles. The van der Waals surface area contributed by atoms with Crippen molar-refractivity contribution in [2.75, 3.05) is 26.1 Å². The van der Waals surface area contributed by atoms with E-state index in [9.17, 15) is 4.79 Å². The normalized spacial score (nSPS) is 20.9. The van der Waals surface area contributed by atoms with Gasteiger partial charge in [0.2, 0.25) is 0 Å². The summed E-state index contributed by atoms with van der Waals surface area (Å²) in [6, 6.07) is 0. The molecule has 0 aromatic carbocycles. The van der Waals surface area contributed by atoms with Crippen molar-refractivity contribution < 1.29 is 14.3 Å². The molecule has 1 fully saturated rings. The second-order valence-electron chi connectivity index (χ2n) is 4.70. The SMILES string of the molecule is COC(=O)C(C)(N)CCCSC1CCOCC1. The zero-order valence-corrected chi connectivity index (χ0v) is 11.6. The third kappa shape index (κ3) is 5.27. The van der Waals surface area contributed by atoms with E-state index >= 15 is 0 Å². The number of rotatable bonds is 6. The fraction of sp³-hybridized carbons (Fsp3) is 0.917. The minimum atomic E-state index is -0.842. The van der Waals surface area contributed by atoms with Crippen LogP contribution in [-0.4, -0.2) is 42.8 Å². The van der Waals surface area contributed by atoms with Crippen molar-refractivity contribution in [2.24, 2.45) is 5.73 Å². The summed E-state index contributed by atoms with van der Waals surface area (Å²) in [6.07, 6.45) is 3.91. The second-order valence-corrected chi connectivity index (χ2v) is 6.10. The van der Waals surface area contributed by atoms with Crippen LogP contribution < -0.4 is 5.73 Å². The predicted molar refractivity (Wildman–Crippen MR) is 70.1 cm³/mol. The van der Waals surface area contributed by atoms with Gasteiger partial charge < -0.3 is 15.2 Å². The van der Waals surface area contributed by atoms with Gasteiger partial charge in [-0.05, 0) is 38.4 Å². The van der Waals surface area contributed by atoms with Gasteiger partial charge in [-0.1, -0.05) is 0 Å². The number of nitrogens with two attached hydrogens (primary N) is 1. The molecular formula is C12H23NO3S. The smallest absolute Gasteiger partial charge is 0.325 e. The summed E-state index contributed by atoms with van der Waals surface area (Å²) in [7, 11) is 1.38. The van der Waals surface area contributed by atoms with Crippen molar-refractivity contribution in [1.29, 1.82) is 0 Å². The average Bonchev–Trinajstić information content (AvgIpc) is 2.35. The molecule has 2 N–H and O–H groups in total. The minimum Gasteiger partial charge on any atom is -0.468 e. The van der Waals surface area contributed by atoms with Gasteiger partial charge in [-0.15, -0.1) is 0 Å². The third-order valence-corrected chi connectivity index (χ3v) is 4.48. The van der Waals surface area contributed by atoms with E-state index in [1.807, 2.05) is 11.8 Å². The molecule has 100 valence electrons. The zero-order valence-electron chi connectivity index (χ0n) is 10.7. The largest absolute Gasteiger partial charge is 0.468 e. The highest BCUT2D eigenvalue weighted by molar-refractivity contribution is 7.99. The van der Waals surface area contributed by atoms with E-state index in [0.29, 0.717) is 11.7 Å². The Morgan fingerprint density at radius 2 is 2.18 bits per heavy atom. The minimum absolute atomic E-state index is 0.325. The van der Waals surface area contributed by atoms with Crippen LogP contribution in [0.1, 0.15) is 32.6 Å². The Hall–Kier alpha value is -0.260. The molecule has 0 aromatic heterocycles. The Labute approximate surface area is 108 Å². The molecule has 1 aliphatic heterocycles. The molecule has 1 aliphatic rings. The average molecular weight is 261 g/mol. The van der Waals surface area contributed by atoms with Crippen molar-refractivity contribution >= 4 is 17.7 Å². The molecule has 1 rings (SSSR count). The molecule has 1 unspecified atom stereocenters. The third-order valence-electron chi connectivity index (χ3n) is 3.01. The van der Waals surface area contributed by atoms with Crippen LogP contribution in [-0.2, 0) is 14.3 Å². The number of ether oxygens (including phenoxy) is 2. The first kappa shape index (κ1) is 14.8. The first-order valence-corrected chi connectivity index (χ1v) is 7.18. The fourth-order valence-electron chi connectivity index (χ4n) is 1.87. The van der Waals surface area contributed by atoms with Gasteiger partial charge in [0, 0.05) is 18.5 Å². The maximum absolute atomic E-state index is 11.4. The Morgan fingerprint density at radius 3 is 2.76 bits per heavy atom. The number of carbonyl (C=O) groups excluding carboxylic acids is 1. The molecular weight excluding hydrogens is 238 g/mol. The van der Waals surface area contributed by atoms with Crippen molar-refractivity contribution in [1.82, 2.24) is 0 Å². The van der Waals surface area contributed by atoms with Crippen LogP contribution in [0, 0.1) is 0 Å². The fourth-order valence-corrected chi connectivity index (χ4v) is 3.04. The molecule has 5 heteroatoms. The molecule has 0 radical (unpaired) electrons. The van der Waals surface area contributed by atoms with Crippen molar-refractivity contribution in [3.63, 3.8) is 0 Å². The maximum atomic E-state index is 11.4. The first-order valence-electron chi connectivity index (χ1n) is 6.13. The van der Waals surface area contributed by atoms with E-state index in [4.69, 9.17) is 10.5 Å². The van der Waals surface area contributed by atoms with Crippen LogP contribution in [0.4, 0.5) is 0 Å². The Bertz CT molecular complexity index is 240. The van der Waals surface area contributed by atoms with Gasteiger partial charge in [0.05, 0.1) is 7.11 Å². The van der Waals surface area contributed by atoms with Gasteiger partial charge in [-0.2, -0.15) is 11.8 Å². The predicted octanol–water partition coefficient (Wildman–Crippen LogP) is 1.57. The molecule has 0 spiro atoms. The topological polar surface area (TPSA) is 61.5 Å². The number of carbonyl (C=O) groups is 1. The lowest BCUT2D eigenvalue weighted by Gasteiger charge is -2.23. The second kappa shape index (κ2) is 7.24. The van der Waals surface area contributed by atoms with Gasteiger partial charge in [-0.25, -0.2) is 0 Å². The summed E-state index contributed by atoms with van der Waals surface area (Å²) in [6.45, 7) is 3.50. The zero-order chi connectivity index (χ0) is 12.7. The quantitative estimate of drug-likeness (QED) is 0.581. The molecule has 0 amide bonds. The van der Waals surface area contributed by atoms with Crippen LogP contribution in [0.15, 0.2) is 0 Å². The lowest BCUT2D eigenvalue weighted by atomic mass is 9.98. The van der Waals surface area contributed by atoms with Crippen molar-refractivity contribution in [3.05, 3.63) is 0 Å². The monoisotopic (exact) mass is 261 g/mol. The van der Waals surface area contributed by atoms with E-state index in [-0.39, 0.29) is 5.97 Å². The first-order chi connectivity index (χ1) is 8.06. The molecule has 0 aromatic rings. The Kier molecular flexibility index (Phi) is 6.30. The van der Waals surface area contributed by atoms with Gasteiger partial charge >= 0.3 is 5.97 Å². The molecule has 0 aliphatic carbocycles. The molecule has 1 saturated heterocycles. The van der Waals surface area contributed by atoms with E-state index in [1.165, 1.54) is 7.11 Å². The summed E-state index contributed by atoms with van der Waals surface area (Å²) in [5.41, 5.74) is 5.04. The summed E-state index contributed by atoms with van der Waals surface area (Å²) in [4.78, 5) is 11.4. The molecule has 0 bridgehead atoms. The van der Waals surface area contributed by atoms with Gasteiger partial charge in [0.1, 0.15) is 5.54 Å². The van der Waals surface area contributed by atoms with E-state index in [2.05, 4.69) is 4.74 Å². The number of thioether (sulfide) groups is 1. The Morgan fingerprint density at radius 1 is 1.53 bits per heavy atom. The molecule has 1 heterocycles. The molecule has 1 atom stereocenters. The Balaban J connectivity index is 2.12. The van der Waals surface area contributed by atoms with Gasteiger partial charge in [0.15, 0.2) is 0 Å². The number of methoxy groups -OCH3 is 1. The number of hydrogen-bond acceptors (Lipinski definition) is 5. The van der Waals surface area contributed by atoms with E-state index < -0.39 is 5.54 Å². The van der Waals surface area contributed by atoms with Crippen molar-refractivity contribution in [2.45, 2.75) is 43.4 Å². The standard InChI is InChI=1S/C12H23NO3S/c1-12(13,11(14)15-2)6-3-9-17-10-4-7-16-8-5-10/h10H,3-9,13H2,1-2H3. The van der Waals surface area contributed by atoms with Crippen LogP contribution >= 0.6 is 11.8 Å². The van der Waals surface area contributed by atoms with Crippen LogP contribution in [0.5, 0.6) is 0 Å². The molecule has 4 nitrogen and oxygen atoms in total. The molecule has 17 heavy (non-hydrogen) atoms. The highest BCUT2D eigenvalue weighted by atomic mass is 32.2. The number of hydrogen-bond donors (Lipinski definition) is 1. The van der Waals surface area contributed by atoms with Crippen LogP contribution in [0.3, 0.4) is 0 Å². The summed E-state index contributed by atoms with van der Waals surface area (Å²) in [5, 5.41) is 0.714. The van der Waals surface area contributed by atoms with Crippen LogP contribution in [0.2, 0.25) is 0 Å². The highest BCUT2D eigenvalue weighted by Crippen LogP contribution is 2.24. The van der Waals surface area contributed by atoms with Crippen LogP contribution in [0.25, 0.3) is 0 Å². The summed E-state index contributed by atoms with van der Waals surface area (Å²) >= 11 is 1.97. The lowest BCUT2D eigenvalue weighted by molar-refractivity contribution is -0.146. The number of esters is 1.